The van der Waals surface area contributed by atoms with E-state index in [9.17, 15) is 9.59 Å². The van der Waals surface area contributed by atoms with Crippen molar-refractivity contribution >= 4 is 11.9 Å². The van der Waals surface area contributed by atoms with Gasteiger partial charge in [-0.1, -0.05) is 30.3 Å². The minimum absolute atomic E-state index is 0.248. The van der Waals surface area contributed by atoms with E-state index in [4.69, 9.17) is 9.84 Å². The van der Waals surface area contributed by atoms with E-state index in [0.29, 0.717) is 6.61 Å². The molecule has 16 heavy (non-hydrogen) atoms. The molecule has 5 nitrogen and oxygen atoms in total. The van der Waals surface area contributed by atoms with E-state index in [2.05, 4.69) is 4.74 Å². The maximum atomic E-state index is 10.9. The summed E-state index contributed by atoms with van der Waals surface area (Å²) < 4.78 is 9.42. The monoisotopic (exact) mass is 224 g/mol. The van der Waals surface area contributed by atoms with Gasteiger partial charge in [0, 0.05) is 0 Å². The topological polar surface area (TPSA) is 72.8 Å². The van der Waals surface area contributed by atoms with Crippen LogP contribution < -0.4 is 0 Å². The van der Waals surface area contributed by atoms with Gasteiger partial charge in [0.15, 0.2) is 6.61 Å². The van der Waals surface area contributed by atoms with E-state index >= 15 is 0 Å². The third-order valence-electron chi connectivity index (χ3n) is 1.69. The van der Waals surface area contributed by atoms with Crippen LogP contribution in [0.4, 0.5) is 0 Å². The lowest BCUT2D eigenvalue weighted by atomic mass is 10.2. The van der Waals surface area contributed by atoms with Crippen molar-refractivity contribution in [3.05, 3.63) is 35.9 Å². The Balaban J connectivity index is 2.16. The van der Waals surface area contributed by atoms with Gasteiger partial charge < -0.3 is 14.6 Å². The Kier molecular flexibility index (Phi) is 5.01. The number of ether oxygens (including phenoxy) is 2. The molecule has 0 saturated heterocycles. The summed E-state index contributed by atoms with van der Waals surface area (Å²) >= 11 is 0. The molecule has 1 N–H and O–H groups in total. The molecule has 86 valence electrons. The molecule has 0 radical (unpaired) electrons. The van der Waals surface area contributed by atoms with Crippen molar-refractivity contribution in [3.8, 4) is 0 Å². The number of carbonyl (C=O) groups is 2. The highest BCUT2D eigenvalue weighted by Gasteiger charge is 2.05. The second-order valence-corrected chi connectivity index (χ2v) is 3.03. The first-order valence-corrected chi connectivity index (χ1v) is 4.67. The number of hydrogen-bond acceptors (Lipinski definition) is 4. The first-order chi connectivity index (χ1) is 7.68. The van der Waals surface area contributed by atoms with Crippen LogP contribution in [0.2, 0.25) is 0 Å². The van der Waals surface area contributed by atoms with Crippen molar-refractivity contribution in [3.63, 3.8) is 0 Å². The molecule has 0 aliphatic rings. The van der Waals surface area contributed by atoms with Crippen LogP contribution in [0.15, 0.2) is 30.3 Å². The molecule has 0 aliphatic carbocycles. The third-order valence-corrected chi connectivity index (χ3v) is 1.69. The first-order valence-electron chi connectivity index (χ1n) is 4.67. The van der Waals surface area contributed by atoms with Gasteiger partial charge in [0.05, 0.1) is 6.61 Å². The number of benzene rings is 1. The molecular weight excluding hydrogens is 212 g/mol. The molecule has 0 aromatic heterocycles. The lowest BCUT2D eigenvalue weighted by Crippen LogP contribution is -2.17. The summed E-state index contributed by atoms with van der Waals surface area (Å²) in [5.74, 6) is -1.87. The van der Waals surface area contributed by atoms with Crippen LogP contribution >= 0.6 is 0 Å². The van der Waals surface area contributed by atoms with Gasteiger partial charge >= 0.3 is 11.9 Å². The molecule has 1 rings (SSSR count). The number of aliphatic carboxylic acids is 1. The Labute approximate surface area is 92.6 Å². The number of hydrogen-bond donors (Lipinski definition) is 1. The molecule has 0 unspecified atom stereocenters. The first kappa shape index (κ1) is 12.2. The fourth-order valence-corrected chi connectivity index (χ4v) is 1.01. The lowest BCUT2D eigenvalue weighted by molar-refractivity contribution is -0.158. The summed E-state index contributed by atoms with van der Waals surface area (Å²) in [6, 6.07) is 9.33. The molecule has 0 heterocycles. The smallest absolute Gasteiger partial charge is 0.341 e. The highest BCUT2D eigenvalue weighted by Crippen LogP contribution is 2.00. The fraction of sp³-hybridized carbons (Fsp3) is 0.273. The zero-order valence-electron chi connectivity index (χ0n) is 8.59. The van der Waals surface area contributed by atoms with E-state index in [1.807, 2.05) is 30.3 Å². The zero-order valence-corrected chi connectivity index (χ0v) is 8.59. The van der Waals surface area contributed by atoms with Gasteiger partial charge in [-0.05, 0) is 5.56 Å². The summed E-state index contributed by atoms with van der Waals surface area (Å²) in [5.41, 5.74) is 0.938. The van der Waals surface area contributed by atoms with Gasteiger partial charge in [-0.2, -0.15) is 0 Å². The Hall–Kier alpha value is -1.88. The molecule has 0 fully saturated rings. The predicted octanol–water partition coefficient (Wildman–Crippen LogP) is 0.831. The van der Waals surface area contributed by atoms with E-state index in [-0.39, 0.29) is 6.61 Å². The minimum atomic E-state index is -1.18. The molecule has 0 amide bonds. The highest BCUT2D eigenvalue weighted by molar-refractivity contribution is 5.75. The van der Waals surface area contributed by atoms with Crippen molar-refractivity contribution < 1.29 is 24.2 Å². The molecule has 0 atom stereocenters. The molecule has 0 aliphatic heterocycles. The Morgan fingerprint density at radius 1 is 1.12 bits per heavy atom. The fourth-order valence-electron chi connectivity index (χ4n) is 1.01. The van der Waals surface area contributed by atoms with Gasteiger partial charge in [-0.25, -0.2) is 9.59 Å². The largest absolute Gasteiger partial charge is 0.479 e. The SMILES string of the molecule is O=C(O)COC(=O)COCc1ccccc1. The summed E-state index contributed by atoms with van der Waals surface area (Å²) in [7, 11) is 0. The second kappa shape index (κ2) is 6.58. The zero-order chi connectivity index (χ0) is 11.8. The molecule has 0 bridgehead atoms. The number of carboxylic acids is 1. The molecule has 1 aromatic rings. The average Bonchev–Trinajstić information content (AvgIpc) is 2.28. The van der Waals surface area contributed by atoms with Crippen LogP contribution in [0.25, 0.3) is 0 Å². The molecule has 0 saturated carbocycles. The molecule has 1 aromatic carbocycles. The van der Waals surface area contributed by atoms with Crippen molar-refractivity contribution in [1.29, 1.82) is 0 Å². The maximum Gasteiger partial charge on any atom is 0.341 e. The van der Waals surface area contributed by atoms with Crippen molar-refractivity contribution in [2.24, 2.45) is 0 Å². The van der Waals surface area contributed by atoms with E-state index in [1.165, 1.54) is 0 Å². The van der Waals surface area contributed by atoms with Crippen molar-refractivity contribution in [1.82, 2.24) is 0 Å². The summed E-state index contributed by atoms with van der Waals surface area (Å²) in [6.07, 6.45) is 0. The quantitative estimate of drug-likeness (QED) is 0.724. The van der Waals surface area contributed by atoms with Gasteiger partial charge in [-0.3, -0.25) is 0 Å². The normalized spacial score (nSPS) is 9.75. The Bertz CT molecular complexity index is 347. The van der Waals surface area contributed by atoms with E-state index in [0.717, 1.165) is 5.56 Å². The van der Waals surface area contributed by atoms with Gasteiger partial charge in [-0.15, -0.1) is 0 Å². The van der Waals surface area contributed by atoms with Crippen LogP contribution in [-0.4, -0.2) is 30.3 Å². The molecule has 0 spiro atoms. The van der Waals surface area contributed by atoms with Crippen LogP contribution in [-0.2, 0) is 25.7 Å². The minimum Gasteiger partial charge on any atom is -0.479 e. The number of rotatable bonds is 6. The molecular formula is C11H12O5. The van der Waals surface area contributed by atoms with Crippen LogP contribution in [0.3, 0.4) is 0 Å². The maximum absolute atomic E-state index is 10.9. The van der Waals surface area contributed by atoms with Gasteiger partial charge in [0.2, 0.25) is 0 Å². The summed E-state index contributed by atoms with van der Waals surface area (Å²) in [4.78, 5) is 21.0. The summed E-state index contributed by atoms with van der Waals surface area (Å²) in [5, 5.41) is 8.25. The standard InChI is InChI=1S/C11H12O5/c12-10(13)7-16-11(14)8-15-6-9-4-2-1-3-5-9/h1-5H,6-8H2,(H,12,13). The van der Waals surface area contributed by atoms with Crippen LogP contribution in [0.1, 0.15) is 5.56 Å². The molecule has 5 heteroatoms. The van der Waals surface area contributed by atoms with Crippen LogP contribution in [0.5, 0.6) is 0 Å². The van der Waals surface area contributed by atoms with E-state index < -0.39 is 18.5 Å². The van der Waals surface area contributed by atoms with Gasteiger partial charge in [0.25, 0.3) is 0 Å². The lowest BCUT2D eigenvalue weighted by Gasteiger charge is -2.03. The predicted molar refractivity (Wildman–Crippen MR) is 54.7 cm³/mol. The van der Waals surface area contributed by atoms with Crippen LogP contribution in [0, 0.1) is 0 Å². The Morgan fingerprint density at radius 2 is 1.81 bits per heavy atom. The number of carbonyl (C=O) groups excluding carboxylic acids is 1. The average molecular weight is 224 g/mol. The number of carboxylic acid groups (broad SMARTS) is 1. The van der Waals surface area contributed by atoms with E-state index in [1.54, 1.807) is 0 Å². The second-order valence-electron chi connectivity index (χ2n) is 3.03. The third kappa shape index (κ3) is 5.11. The van der Waals surface area contributed by atoms with Gasteiger partial charge in [0.1, 0.15) is 6.61 Å². The summed E-state index contributed by atoms with van der Waals surface area (Å²) in [6.45, 7) is -0.585. The van der Waals surface area contributed by atoms with Crippen molar-refractivity contribution in [2.75, 3.05) is 13.2 Å². The van der Waals surface area contributed by atoms with Crippen molar-refractivity contribution in [2.45, 2.75) is 6.61 Å². The number of esters is 1. The highest BCUT2D eigenvalue weighted by atomic mass is 16.6. The Morgan fingerprint density at radius 3 is 2.44 bits per heavy atom.